The molecular formula is C31H46N2O6. The van der Waals surface area contributed by atoms with Crippen LogP contribution < -0.4 is 10.6 Å². The molecule has 8 nitrogen and oxygen atoms in total. The number of unbranched alkanes of at least 4 members (excludes halogenated alkanes) is 1. The van der Waals surface area contributed by atoms with Crippen LogP contribution in [0.3, 0.4) is 0 Å². The van der Waals surface area contributed by atoms with Gasteiger partial charge in [0.15, 0.2) is 0 Å². The first-order valence-electron chi connectivity index (χ1n) is 13.8. The minimum absolute atomic E-state index is 0.0874. The van der Waals surface area contributed by atoms with Crippen LogP contribution in [0.4, 0.5) is 0 Å². The van der Waals surface area contributed by atoms with Gasteiger partial charge in [-0.25, -0.2) is 9.59 Å². The van der Waals surface area contributed by atoms with Crippen LogP contribution >= 0.6 is 0 Å². The van der Waals surface area contributed by atoms with Crippen molar-refractivity contribution in [3.05, 3.63) is 72.9 Å². The summed E-state index contributed by atoms with van der Waals surface area (Å²) in [6.07, 6.45) is 30.6. The first-order chi connectivity index (χ1) is 18.9. The van der Waals surface area contributed by atoms with Crippen molar-refractivity contribution >= 4 is 23.8 Å². The highest BCUT2D eigenvalue weighted by atomic mass is 16.5. The molecule has 3 N–H and O–H groups in total. The molecule has 2 amide bonds. The fraction of sp³-hybridized carbons (Fsp3) is 0.484. The molecule has 0 rings (SSSR count). The number of nitrogens with one attached hydrogen (secondary N) is 2. The predicted molar refractivity (Wildman–Crippen MR) is 156 cm³/mol. The fourth-order valence-electron chi connectivity index (χ4n) is 3.18. The molecule has 0 unspecified atom stereocenters. The van der Waals surface area contributed by atoms with Gasteiger partial charge in [0, 0.05) is 25.1 Å². The summed E-state index contributed by atoms with van der Waals surface area (Å²) in [5.41, 5.74) is 0. The number of carbonyl (C=O) groups excluding carboxylic acids is 3. The van der Waals surface area contributed by atoms with E-state index in [-0.39, 0.29) is 18.9 Å². The van der Waals surface area contributed by atoms with Gasteiger partial charge in [-0.1, -0.05) is 67.7 Å². The Kier molecular flexibility index (Phi) is 23.5. The second-order valence-electron chi connectivity index (χ2n) is 8.58. The van der Waals surface area contributed by atoms with E-state index in [2.05, 4.69) is 83.1 Å². The number of esters is 1. The summed E-state index contributed by atoms with van der Waals surface area (Å²) in [4.78, 5) is 46.3. The minimum atomic E-state index is -1.18. The van der Waals surface area contributed by atoms with Gasteiger partial charge in [-0.15, -0.1) is 0 Å². The molecule has 0 aliphatic heterocycles. The van der Waals surface area contributed by atoms with Crippen molar-refractivity contribution in [2.45, 2.75) is 84.1 Å². The monoisotopic (exact) mass is 542 g/mol. The summed E-state index contributed by atoms with van der Waals surface area (Å²) in [6, 6.07) is -1.11. The van der Waals surface area contributed by atoms with Gasteiger partial charge >= 0.3 is 11.9 Å². The lowest BCUT2D eigenvalue weighted by molar-refractivity contribution is -0.141. The number of hydrogen-bond acceptors (Lipinski definition) is 5. The maximum atomic E-state index is 12.0. The van der Waals surface area contributed by atoms with E-state index >= 15 is 0 Å². The van der Waals surface area contributed by atoms with Crippen LogP contribution in [0.15, 0.2) is 72.9 Å². The Morgan fingerprint density at radius 2 is 1.33 bits per heavy atom. The summed E-state index contributed by atoms with van der Waals surface area (Å²) < 4.78 is 4.66. The zero-order valence-corrected chi connectivity index (χ0v) is 23.5. The Bertz CT molecular complexity index is 884. The van der Waals surface area contributed by atoms with Crippen molar-refractivity contribution in [1.82, 2.24) is 10.6 Å². The third kappa shape index (κ3) is 24.4. The van der Waals surface area contributed by atoms with Crippen LogP contribution in [0, 0.1) is 0 Å². The summed E-state index contributed by atoms with van der Waals surface area (Å²) in [6.45, 7) is 4.26. The van der Waals surface area contributed by atoms with Crippen molar-refractivity contribution < 1.29 is 29.0 Å². The average Bonchev–Trinajstić information content (AvgIpc) is 2.91. The number of aliphatic carboxylic acids is 1. The topological polar surface area (TPSA) is 122 Å². The normalized spacial score (nSPS) is 12.9. The van der Waals surface area contributed by atoms with Crippen molar-refractivity contribution in [3.63, 3.8) is 0 Å². The summed E-state index contributed by atoms with van der Waals surface area (Å²) in [5, 5.41) is 14.4. The molecule has 0 saturated heterocycles. The highest BCUT2D eigenvalue weighted by molar-refractivity contribution is 5.96. The number of carboxylic acids is 1. The molecule has 0 radical (unpaired) electrons. The van der Waals surface area contributed by atoms with Gasteiger partial charge in [-0.2, -0.15) is 0 Å². The number of rotatable bonds is 22. The van der Waals surface area contributed by atoms with Gasteiger partial charge < -0.3 is 20.5 Å². The molecule has 0 aromatic heterocycles. The van der Waals surface area contributed by atoms with Crippen LogP contribution in [0.2, 0.25) is 0 Å². The molecule has 1 atom stereocenters. The molecule has 0 saturated carbocycles. The highest BCUT2D eigenvalue weighted by Crippen LogP contribution is 2.01. The Morgan fingerprint density at radius 1 is 0.769 bits per heavy atom. The molecule has 0 heterocycles. The van der Waals surface area contributed by atoms with Gasteiger partial charge in [0.05, 0.1) is 6.61 Å². The van der Waals surface area contributed by atoms with Crippen molar-refractivity contribution in [1.29, 1.82) is 0 Å². The molecule has 0 aliphatic carbocycles. The molecule has 216 valence electrons. The van der Waals surface area contributed by atoms with Crippen molar-refractivity contribution in [2.24, 2.45) is 0 Å². The average molecular weight is 543 g/mol. The number of amides is 2. The van der Waals surface area contributed by atoms with Crippen LogP contribution in [0.25, 0.3) is 0 Å². The maximum Gasteiger partial charge on any atom is 0.330 e. The van der Waals surface area contributed by atoms with Gasteiger partial charge in [0.2, 0.25) is 11.8 Å². The van der Waals surface area contributed by atoms with Crippen LogP contribution in [-0.4, -0.2) is 48.1 Å². The van der Waals surface area contributed by atoms with E-state index in [1.54, 1.807) is 6.92 Å². The third-order valence-corrected chi connectivity index (χ3v) is 5.20. The fourth-order valence-corrected chi connectivity index (χ4v) is 3.18. The second kappa shape index (κ2) is 25.9. The standard InChI is InChI=1S/C31H46N2O6/c1-3-5-6-7-8-9-10-11-12-13-14-15-16-17-18-19-20-23-28(34)32-26-21-22-27(31(37)38)33-29(35)24-25-30(36)39-4-2/h5-6,8-9,11-12,14-15,17-18,24-25,27H,3-4,7,10,13,16,19-23,26H2,1-2H3,(H,32,34)(H,33,35)(H,37,38)/b6-5-,9-8-,12-11-,15-14-,18-17-,25-24+/t27-/m0/s1. The van der Waals surface area contributed by atoms with E-state index in [1.165, 1.54) is 0 Å². The first kappa shape index (κ1) is 35.3. The molecule has 39 heavy (non-hydrogen) atoms. The van der Waals surface area contributed by atoms with Crippen LogP contribution in [0.1, 0.15) is 78.1 Å². The Hall–Kier alpha value is -3.68. The minimum Gasteiger partial charge on any atom is -0.480 e. The molecule has 8 heteroatoms. The molecule has 0 spiro atoms. The van der Waals surface area contributed by atoms with E-state index in [0.29, 0.717) is 19.4 Å². The lowest BCUT2D eigenvalue weighted by atomic mass is 10.1. The van der Waals surface area contributed by atoms with E-state index in [4.69, 9.17) is 0 Å². The number of carboxylic acid groups (broad SMARTS) is 1. The summed E-state index contributed by atoms with van der Waals surface area (Å²) >= 11 is 0. The lowest BCUT2D eigenvalue weighted by Gasteiger charge is -2.13. The molecule has 0 aromatic rings. The van der Waals surface area contributed by atoms with Gasteiger partial charge in [0.1, 0.15) is 6.04 Å². The van der Waals surface area contributed by atoms with Crippen molar-refractivity contribution in [3.8, 4) is 0 Å². The summed E-state index contributed by atoms with van der Waals surface area (Å²) in [5.74, 6) is -2.65. The van der Waals surface area contributed by atoms with Crippen molar-refractivity contribution in [2.75, 3.05) is 13.2 Å². The quantitative estimate of drug-likeness (QED) is 0.0719. The zero-order valence-electron chi connectivity index (χ0n) is 23.5. The number of hydrogen-bond donors (Lipinski definition) is 3. The third-order valence-electron chi connectivity index (χ3n) is 5.20. The second-order valence-corrected chi connectivity index (χ2v) is 8.58. The van der Waals surface area contributed by atoms with Gasteiger partial charge in [-0.3, -0.25) is 9.59 Å². The molecule has 0 aromatic carbocycles. The SMILES string of the molecule is CC/C=C\C/C=C\C/C=C\C/C=C\C/C=C\CCCC(=O)NCCC[C@H](NC(=O)/C=C/C(=O)OCC)C(=O)O. The molecule has 0 aliphatic rings. The Morgan fingerprint density at radius 3 is 1.87 bits per heavy atom. The van der Waals surface area contributed by atoms with Gasteiger partial charge in [0.25, 0.3) is 0 Å². The van der Waals surface area contributed by atoms with E-state index < -0.39 is 23.9 Å². The number of carbonyl (C=O) groups is 4. The van der Waals surface area contributed by atoms with E-state index in [1.807, 2.05) is 0 Å². The van der Waals surface area contributed by atoms with E-state index in [9.17, 15) is 24.3 Å². The highest BCUT2D eigenvalue weighted by Gasteiger charge is 2.18. The van der Waals surface area contributed by atoms with Gasteiger partial charge in [-0.05, 0) is 64.7 Å². The Labute approximate surface area is 233 Å². The first-order valence-corrected chi connectivity index (χ1v) is 13.8. The van der Waals surface area contributed by atoms with E-state index in [0.717, 1.165) is 57.1 Å². The lowest BCUT2D eigenvalue weighted by Crippen LogP contribution is -2.40. The molecular weight excluding hydrogens is 496 g/mol. The Balaban J connectivity index is 3.90. The largest absolute Gasteiger partial charge is 0.480 e. The summed E-state index contributed by atoms with van der Waals surface area (Å²) in [7, 11) is 0. The predicted octanol–water partition coefficient (Wildman–Crippen LogP) is 5.49. The number of ether oxygens (including phenoxy) is 1. The molecule has 0 fully saturated rings. The zero-order chi connectivity index (χ0) is 29.0. The number of allylic oxidation sites excluding steroid dienone is 10. The smallest absolute Gasteiger partial charge is 0.330 e. The molecule has 0 bridgehead atoms. The van der Waals surface area contributed by atoms with Crippen LogP contribution in [-0.2, 0) is 23.9 Å². The van der Waals surface area contributed by atoms with Crippen LogP contribution in [0.5, 0.6) is 0 Å². The maximum absolute atomic E-state index is 12.0.